The minimum absolute atomic E-state index is 0.203. The van der Waals surface area contributed by atoms with Gasteiger partial charge in [-0.2, -0.15) is 5.10 Å². The molecule has 25 heavy (non-hydrogen) atoms. The van der Waals surface area contributed by atoms with Crippen LogP contribution in [0.2, 0.25) is 0 Å². The van der Waals surface area contributed by atoms with E-state index in [0.717, 1.165) is 11.1 Å². The second-order valence-electron chi connectivity index (χ2n) is 5.44. The number of nitrogens with one attached hydrogen (secondary N) is 1. The van der Waals surface area contributed by atoms with Crippen molar-refractivity contribution in [3.05, 3.63) is 77.7 Å². The van der Waals surface area contributed by atoms with Crippen molar-refractivity contribution < 1.29 is 9.53 Å². The van der Waals surface area contributed by atoms with E-state index in [1.165, 1.54) is 0 Å². The van der Waals surface area contributed by atoms with Crippen LogP contribution in [0.5, 0.6) is 5.88 Å². The maximum Gasteiger partial charge on any atom is 0.257 e. The summed E-state index contributed by atoms with van der Waals surface area (Å²) >= 11 is 0. The van der Waals surface area contributed by atoms with Crippen LogP contribution in [0.3, 0.4) is 0 Å². The third-order valence-electron chi connectivity index (χ3n) is 3.75. The third kappa shape index (κ3) is 4.23. The lowest BCUT2D eigenvalue weighted by atomic mass is 10.1. The van der Waals surface area contributed by atoms with E-state index in [-0.39, 0.29) is 5.91 Å². The van der Waals surface area contributed by atoms with Gasteiger partial charge >= 0.3 is 0 Å². The lowest BCUT2D eigenvalue weighted by Crippen LogP contribution is -2.24. The molecule has 0 bridgehead atoms. The highest BCUT2D eigenvalue weighted by Crippen LogP contribution is 2.15. The van der Waals surface area contributed by atoms with Crippen LogP contribution >= 0.6 is 0 Å². The lowest BCUT2D eigenvalue weighted by Gasteiger charge is -2.12. The van der Waals surface area contributed by atoms with Gasteiger partial charge in [-0.05, 0) is 36.2 Å². The van der Waals surface area contributed by atoms with Crippen LogP contribution in [0, 0.1) is 0 Å². The summed E-state index contributed by atoms with van der Waals surface area (Å²) in [7, 11) is 0. The molecule has 0 saturated heterocycles. The smallest absolute Gasteiger partial charge is 0.257 e. The van der Waals surface area contributed by atoms with E-state index in [1.54, 1.807) is 24.5 Å². The van der Waals surface area contributed by atoms with Crippen molar-refractivity contribution in [1.29, 1.82) is 0 Å². The summed E-state index contributed by atoms with van der Waals surface area (Å²) in [6.45, 7) is 3.42. The molecule has 6 heteroatoms. The molecule has 0 atom stereocenters. The van der Waals surface area contributed by atoms with Gasteiger partial charge < -0.3 is 10.1 Å². The van der Waals surface area contributed by atoms with Gasteiger partial charge in [-0.3, -0.25) is 9.48 Å². The predicted octanol–water partition coefficient (Wildman–Crippen LogP) is 2.66. The highest BCUT2D eigenvalue weighted by atomic mass is 16.5. The molecular weight excluding hydrogens is 316 g/mol. The van der Waals surface area contributed by atoms with Crippen LogP contribution < -0.4 is 10.1 Å². The number of carbonyl (C=O) groups excluding carboxylic acids is 1. The van der Waals surface area contributed by atoms with E-state index < -0.39 is 0 Å². The van der Waals surface area contributed by atoms with Crippen molar-refractivity contribution in [2.45, 2.75) is 20.0 Å². The molecule has 0 aliphatic carbocycles. The second kappa shape index (κ2) is 8.10. The Morgan fingerprint density at radius 2 is 1.96 bits per heavy atom. The van der Waals surface area contributed by atoms with E-state index in [9.17, 15) is 4.79 Å². The minimum atomic E-state index is -0.203. The summed E-state index contributed by atoms with van der Waals surface area (Å²) in [5, 5.41) is 7.18. The molecule has 0 aliphatic heterocycles. The van der Waals surface area contributed by atoms with Gasteiger partial charge in [0.1, 0.15) is 5.56 Å². The Hall–Kier alpha value is -3.15. The molecule has 1 N–H and O–H groups in total. The fourth-order valence-corrected chi connectivity index (χ4v) is 2.54. The van der Waals surface area contributed by atoms with E-state index in [2.05, 4.69) is 15.4 Å². The van der Waals surface area contributed by atoms with Crippen molar-refractivity contribution in [3.63, 3.8) is 0 Å². The monoisotopic (exact) mass is 336 g/mol. The zero-order chi connectivity index (χ0) is 17.5. The average molecular weight is 336 g/mol. The largest absolute Gasteiger partial charge is 0.477 e. The molecule has 0 saturated carbocycles. The van der Waals surface area contributed by atoms with Gasteiger partial charge in [-0.25, -0.2) is 4.98 Å². The van der Waals surface area contributed by atoms with Crippen molar-refractivity contribution >= 4 is 5.91 Å². The first-order chi connectivity index (χ1) is 12.3. The van der Waals surface area contributed by atoms with Crippen LogP contribution in [0.25, 0.3) is 0 Å². The van der Waals surface area contributed by atoms with Crippen molar-refractivity contribution in [3.8, 4) is 5.88 Å². The number of rotatable bonds is 7. The Morgan fingerprint density at radius 1 is 1.12 bits per heavy atom. The van der Waals surface area contributed by atoms with Crippen LogP contribution in [0.1, 0.15) is 28.4 Å². The molecule has 2 heterocycles. The molecular formula is C19H20N4O2. The molecule has 6 nitrogen and oxygen atoms in total. The van der Waals surface area contributed by atoms with E-state index >= 15 is 0 Å². The van der Waals surface area contributed by atoms with Gasteiger partial charge in [0.2, 0.25) is 5.88 Å². The number of aromatic nitrogens is 3. The number of hydrogen-bond donors (Lipinski definition) is 1. The highest BCUT2D eigenvalue weighted by molar-refractivity contribution is 5.96. The summed E-state index contributed by atoms with van der Waals surface area (Å²) in [4.78, 5) is 16.6. The lowest BCUT2D eigenvalue weighted by molar-refractivity contribution is 0.0946. The summed E-state index contributed by atoms with van der Waals surface area (Å²) in [5.41, 5.74) is 2.60. The first-order valence-corrected chi connectivity index (χ1v) is 8.18. The number of ether oxygens (including phenoxy) is 1. The van der Waals surface area contributed by atoms with Gasteiger partial charge in [0.05, 0.1) is 13.2 Å². The van der Waals surface area contributed by atoms with Crippen LogP contribution in [0.15, 0.2) is 61.1 Å². The fraction of sp³-hybridized carbons (Fsp3) is 0.211. The van der Waals surface area contributed by atoms with Gasteiger partial charge in [0.25, 0.3) is 5.91 Å². The van der Waals surface area contributed by atoms with E-state index in [4.69, 9.17) is 4.74 Å². The minimum Gasteiger partial charge on any atom is -0.477 e. The maximum absolute atomic E-state index is 12.5. The fourth-order valence-electron chi connectivity index (χ4n) is 2.54. The molecule has 3 rings (SSSR count). The third-order valence-corrected chi connectivity index (χ3v) is 3.75. The van der Waals surface area contributed by atoms with Crippen molar-refractivity contribution in [2.75, 3.05) is 6.61 Å². The van der Waals surface area contributed by atoms with E-state index in [0.29, 0.717) is 31.1 Å². The Morgan fingerprint density at radius 3 is 2.72 bits per heavy atom. The summed E-state index contributed by atoms with van der Waals surface area (Å²) in [5.74, 6) is 0.151. The zero-order valence-electron chi connectivity index (χ0n) is 14.1. The number of benzene rings is 1. The van der Waals surface area contributed by atoms with E-state index in [1.807, 2.05) is 48.1 Å². The first kappa shape index (κ1) is 16.7. The zero-order valence-corrected chi connectivity index (χ0v) is 14.1. The SMILES string of the molecule is CCOc1ncccc1C(=O)NCc1ccccc1Cn1cccn1. The quantitative estimate of drug-likeness (QED) is 0.720. The number of hydrogen-bond acceptors (Lipinski definition) is 4. The predicted molar refractivity (Wildman–Crippen MR) is 94.3 cm³/mol. The molecule has 0 radical (unpaired) electrons. The molecule has 0 unspecified atom stereocenters. The van der Waals surface area contributed by atoms with Crippen LogP contribution in [0.4, 0.5) is 0 Å². The average Bonchev–Trinajstić information content (AvgIpc) is 3.14. The number of amides is 1. The standard InChI is InChI=1S/C19H20N4O2/c1-2-25-19-17(9-5-10-20-19)18(24)21-13-15-7-3-4-8-16(15)14-23-12-6-11-22-23/h3-12H,2,13-14H2,1H3,(H,21,24). The molecule has 1 aromatic carbocycles. The maximum atomic E-state index is 12.5. The Labute approximate surface area is 146 Å². The van der Waals surface area contributed by atoms with Crippen molar-refractivity contribution in [2.24, 2.45) is 0 Å². The van der Waals surface area contributed by atoms with Gasteiger partial charge in [-0.15, -0.1) is 0 Å². The summed E-state index contributed by atoms with van der Waals surface area (Å²) in [6, 6.07) is 13.3. The Kier molecular flexibility index (Phi) is 5.41. The Bertz CT molecular complexity index is 831. The summed E-state index contributed by atoms with van der Waals surface area (Å²) < 4.78 is 7.28. The number of carbonyl (C=O) groups is 1. The van der Waals surface area contributed by atoms with Crippen LogP contribution in [-0.2, 0) is 13.1 Å². The highest BCUT2D eigenvalue weighted by Gasteiger charge is 2.13. The Balaban J connectivity index is 1.71. The van der Waals surface area contributed by atoms with Gasteiger partial charge in [-0.1, -0.05) is 24.3 Å². The molecule has 0 fully saturated rings. The molecule has 0 spiro atoms. The molecule has 128 valence electrons. The first-order valence-electron chi connectivity index (χ1n) is 8.18. The molecule has 0 aliphatic rings. The molecule has 3 aromatic rings. The number of pyridine rings is 1. The van der Waals surface area contributed by atoms with Gasteiger partial charge in [0, 0.05) is 25.1 Å². The topological polar surface area (TPSA) is 69.0 Å². The molecule has 2 aromatic heterocycles. The second-order valence-corrected chi connectivity index (χ2v) is 5.44. The van der Waals surface area contributed by atoms with Crippen molar-refractivity contribution in [1.82, 2.24) is 20.1 Å². The molecule has 1 amide bonds. The summed E-state index contributed by atoms with van der Waals surface area (Å²) in [6.07, 6.45) is 5.28. The van der Waals surface area contributed by atoms with Crippen LogP contribution in [-0.4, -0.2) is 27.3 Å². The number of nitrogens with zero attached hydrogens (tertiary/aromatic N) is 3. The van der Waals surface area contributed by atoms with Gasteiger partial charge in [0.15, 0.2) is 0 Å². The normalized spacial score (nSPS) is 10.4.